The second-order valence-electron chi connectivity index (χ2n) is 5.34. The third-order valence-corrected chi connectivity index (χ3v) is 4.05. The van der Waals surface area contributed by atoms with Gasteiger partial charge < -0.3 is 11.1 Å². The van der Waals surface area contributed by atoms with Gasteiger partial charge in [-0.15, -0.1) is 0 Å². The standard InChI is InChI=1S/C19H18ClN3/c20-19-17(12-22-11-15-8-4-5-9-18(15)21)10-16(13-23-19)14-6-2-1-3-7-14/h1-10,13,22H,11-12,21H2. The van der Waals surface area contributed by atoms with Crippen molar-refractivity contribution in [2.24, 2.45) is 0 Å². The van der Waals surface area contributed by atoms with Crippen LogP contribution < -0.4 is 11.1 Å². The van der Waals surface area contributed by atoms with Gasteiger partial charge >= 0.3 is 0 Å². The summed E-state index contributed by atoms with van der Waals surface area (Å²) in [5.41, 5.74) is 11.0. The molecule has 3 aromatic rings. The zero-order valence-electron chi connectivity index (χ0n) is 12.7. The largest absolute Gasteiger partial charge is 0.398 e. The summed E-state index contributed by atoms with van der Waals surface area (Å²) in [5, 5.41) is 3.90. The van der Waals surface area contributed by atoms with Crippen LogP contribution in [0.4, 0.5) is 5.69 Å². The van der Waals surface area contributed by atoms with Crippen molar-refractivity contribution in [3.63, 3.8) is 0 Å². The summed E-state index contributed by atoms with van der Waals surface area (Å²) < 4.78 is 0. The molecule has 3 N–H and O–H groups in total. The van der Waals surface area contributed by atoms with E-state index in [2.05, 4.69) is 28.5 Å². The number of benzene rings is 2. The number of nitrogens with one attached hydrogen (secondary N) is 1. The molecule has 0 aliphatic heterocycles. The monoisotopic (exact) mass is 323 g/mol. The number of aromatic nitrogens is 1. The molecular formula is C19H18ClN3. The second-order valence-corrected chi connectivity index (χ2v) is 5.70. The van der Waals surface area contributed by atoms with E-state index in [1.807, 2.05) is 42.5 Å². The SMILES string of the molecule is Nc1ccccc1CNCc1cc(-c2ccccc2)cnc1Cl. The molecule has 2 aromatic carbocycles. The van der Waals surface area contributed by atoms with E-state index in [4.69, 9.17) is 17.3 Å². The second kappa shape index (κ2) is 7.27. The molecule has 0 fully saturated rings. The molecule has 0 saturated carbocycles. The van der Waals surface area contributed by atoms with Crippen LogP contribution in [0.1, 0.15) is 11.1 Å². The highest BCUT2D eigenvalue weighted by Gasteiger charge is 2.06. The number of nitrogens with two attached hydrogens (primary N) is 1. The minimum atomic E-state index is 0.526. The first kappa shape index (κ1) is 15.5. The number of anilines is 1. The fourth-order valence-corrected chi connectivity index (χ4v) is 2.60. The van der Waals surface area contributed by atoms with Crippen molar-refractivity contribution in [1.29, 1.82) is 0 Å². The first-order valence-electron chi connectivity index (χ1n) is 7.48. The fraction of sp³-hybridized carbons (Fsp3) is 0.105. The van der Waals surface area contributed by atoms with Crippen LogP contribution in [-0.4, -0.2) is 4.98 Å². The molecule has 0 atom stereocenters. The van der Waals surface area contributed by atoms with Gasteiger partial charge in [-0.3, -0.25) is 0 Å². The van der Waals surface area contributed by atoms with Gasteiger partial charge in [0, 0.05) is 36.1 Å². The summed E-state index contributed by atoms with van der Waals surface area (Å²) in [5.74, 6) is 0. The van der Waals surface area contributed by atoms with E-state index in [0.29, 0.717) is 18.2 Å². The van der Waals surface area contributed by atoms with Crippen LogP contribution >= 0.6 is 11.6 Å². The minimum absolute atomic E-state index is 0.526. The van der Waals surface area contributed by atoms with Crippen LogP contribution in [0.2, 0.25) is 5.15 Å². The molecule has 1 aromatic heterocycles. The predicted octanol–water partition coefficient (Wildman–Crippen LogP) is 4.27. The van der Waals surface area contributed by atoms with Gasteiger partial charge in [0.05, 0.1) is 0 Å². The van der Waals surface area contributed by atoms with Gasteiger partial charge in [0.1, 0.15) is 5.15 Å². The van der Waals surface area contributed by atoms with Crippen LogP contribution in [-0.2, 0) is 13.1 Å². The smallest absolute Gasteiger partial charge is 0.133 e. The first-order chi connectivity index (χ1) is 11.2. The van der Waals surface area contributed by atoms with Crippen molar-refractivity contribution in [1.82, 2.24) is 10.3 Å². The molecule has 3 nitrogen and oxygen atoms in total. The molecule has 0 aliphatic carbocycles. The third-order valence-electron chi connectivity index (χ3n) is 3.70. The summed E-state index contributed by atoms with van der Waals surface area (Å²) in [6, 6.07) is 20.1. The topological polar surface area (TPSA) is 50.9 Å². The Morgan fingerprint density at radius 3 is 2.35 bits per heavy atom. The Bertz CT molecular complexity index is 788. The Balaban J connectivity index is 1.72. The lowest BCUT2D eigenvalue weighted by atomic mass is 10.1. The van der Waals surface area contributed by atoms with Gasteiger partial charge in [0.2, 0.25) is 0 Å². The number of hydrogen-bond acceptors (Lipinski definition) is 3. The zero-order chi connectivity index (χ0) is 16.1. The lowest BCUT2D eigenvalue weighted by molar-refractivity contribution is 0.693. The molecule has 0 amide bonds. The maximum Gasteiger partial charge on any atom is 0.133 e. The number of rotatable bonds is 5. The minimum Gasteiger partial charge on any atom is -0.398 e. The highest BCUT2D eigenvalue weighted by Crippen LogP contribution is 2.23. The number of para-hydroxylation sites is 1. The van der Waals surface area contributed by atoms with E-state index in [1.165, 1.54) is 0 Å². The summed E-state index contributed by atoms with van der Waals surface area (Å²) in [6.07, 6.45) is 1.80. The molecule has 0 radical (unpaired) electrons. The summed E-state index contributed by atoms with van der Waals surface area (Å²) in [7, 11) is 0. The Kier molecular flexibility index (Phi) is 4.91. The number of halogens is 1. The van der Waals surface area contributed by atoms with Crippen LogP contribution in [0.15, 0.2) is 66.9 Å². The zero-order valence-corrected chi connectivity index (χ0v) is 13.4. The molecule has 116 valence electrons. The molecule has 3 rings (SSSR count). The van der Waals surface area contributed by atoms with Gasteiger partial charge in [0.15, 0.2) is 0 Å². The number of nitrogens with zero attached hydrogens (tertiary/aromatic N) is 1. The molecule has 1 heterocycles. The van der Waals surface area contributed by atoms with E-state index in [1.54, 1.807) is 6.20 Å². The van der Waals surface area contributed by atoms with Crippen molar-refractivity contribution in [3.05, 3.63) is 83.1 Å². The van der Waals surface area contributed by atoms with Crippen LogP contribution in [0.25, 0.3) is 11.1 Å². The molecule has 0 unspecified atom stereocenters. The Morgan fingerprint density at radius 2 is 1.57 bits per heavy atom. The average molecular weight is 324 g/mol. The van der Waals surface area contributed by atoms with E-state index in [9.17, 15) is 0 Å². The lowest BCUT2D eigenvalue weighted by Crippen LogP contribution is -2.14. The van der Waals surface area contributed by atoms with Crippen molar-refractivity contribution < 1.29 is 0 Å². The van der Waals surface area contributed by atoms with Gasteiger partial charge in [-0.1, -0.05) is 60.1 Å². The highest BCUT2D eigenvalue weighted by atomic mass is 35.5. The van der Waals surface area contributed by atoms with Crippen molar-refractivity contribution in [2.45, 2.75) is 13.1 Å². The number of pyridine rings is 1. The molecule has 0 spiro atoms. The van der Waals surface area contributed by atoms with E-state index in [-0.39, 0.29) is 0 Å². The lowest BCUT2D eigenvalue weighted by Gasteiger charge is -2.10. The Morgan fingerprint density at radius 1 is 0.870 bits per heavy atom. The fourth-order valence-electron chi connectivity index (χ4n) is 2.43. The van der Waals surface area contributed by atoms with Crippen molar-refractivity contribution in [2.75, 3.05) is 5.73 Å². The first-order valence-corrected chi connectivity index (χ1v) is 7.86. The van der Waals surface area contributed by atoms with E-state index >= 15 is 0 Å². The normalized spacial score (nSPS) is 10.7. The van der Waals surface area contributed by atoms with E-state index < -0.39 is 0 Å². The van der Waals surface area contributed by atoms with E-state index in [0.717, 1.165) is 27.9 Å². The predicted molar refractivity (Wildman–Crippen MR) is 96.1 cm³/mol. The maximum atomic E-state index is 6.22. The summed E-state index contributed by atoms with van der Waals surface area (Å²) >= 11 is 6.22. The molecule has 0 saturated heterocycles. The molecule has 0 bridgehead atoms. The number of hydrogen-bond donors (Lipinski definition) is 2. The summed E-state index contributed by atoms with van der Waals surface area (Å²) in [6.45, 7) is 1.33. The Hall–Kier alpha value is -2.36. The van der Waals surface area contributed by atoms with Gasteiger partial charge in [0.25, 0.3) is 0 Å². The van der Waals surface area contributed by atoms with Crippen molar-refractivity contribution in [3.8, 4) is 11.1 Å². The van der Waals surface area contributed by atoms with Crippen molar-refractivity contribution >= 4 is 17.3 Å². The molecular weight excluding hydrogens is 306 g/mol. The molecule has 23 heavy (non-hydrogen) atoms. The maximum absolute atomic E-state index is 6.22. The molecule has 4 heteroatoms. The van der Waals surface area contributed by atoms with Gasteiger partial charge in [-0.2, -0.15) is 0 Å². The molecule has 0 aliphatic rings. The van der Waals surface area contributed by atoms with Gasteiger partial charge in [-0.25, -0.2) is 4.98 Å². The van der Waals surface area contributed by atoms with Gasteiger partial charge in [-0.05, 0) is 23.3 Å². The quantitative estimate of drug-likeness (QED) is 0.544. The highest BCUT2D eigenvalue weighted by molar-refractivity contribution is 6.30. The van der Waals surface area contributed by atoms with Crippen LogP contribution in [0.3, 0.4) is 0 Å². The van der Waals surface area contributed by atoms with Crippen LogP contribution in [0, 0.1) is 0 Å². The average Bonchev–Trinajstić information content (AvgIpc) is 2.59. The third kappa shape index (κ3) is 3.89. The van der Waals surface area contributed by atoms with Crippen LogP contribution in [0.5, 0.6) is 0 Å². The summed E-state index contributed by atoms with van der Waals surface area (Å²) in [4.78, 5) is 4.30. The number of nitrogen functional groups attached to an aromatic ring is 1. The Labute approximate surface area is 141 Å².